The Morgan fingerprint density at radius 2 is 2.06 bits per heavy atom. The molecule has 1 radical (unpaired) electrons. The van der Waals surface area contributed by atoms with Crippen LogP contribution in [0.1, 0.15) is 42.2 Å². The molecule has 1 aromatic heterocycles. The third kappa shape index (κ3) is 2.60. The van der Waals surface area contributed by atoms with Crippen molar-refractivity contribution in [2.24, 2.45) is 0 Å². The number of ether oxygens (including phenoxy) is 1. The highest BCUT2D eigenvalue weighted by molar-refractivity contribution is 5.90. The van der Waals surface area contributed by atoms with Crippen molar-refractivity contribution >= 4 is 11.8 Å². The summed E-state index contributed by atoms with van der Waals surface area (Å²) in [5.41, 5.74) is 1.11. The van der Waals surface area contributed by atoms with E-state index < -0.39 is 5.97 Å². The number of hydrogen-bond acceptors (Lipinski definition) is 5. The first-order chi connectivity index (χ1) is 8.74. The van der Waals surface area contributed by atoms with Gasteiger partial charge in [0.05, 0.1) is 6.61 Å². The van der Waals surface area contributed by atoms with Crippen LogP contribution in [0.15, 0.2) is 0 Å². The lowest BCUT2D eigenvalue weighted by Crippen LogP contribution is -2.31. The Balaban J connectivity index is 2.26. The molecule has 0 amide bonds. The van der Waals surface area contributed by atoms with Gasteiger partial charge in [0.15, 0.2) is 5.69 Å². The van der Waals surface area contributed by atoms with Gasteiger partial charge in [-0.2, -0.15) is 0 Å². The minimum atomic E-state index is -0.396. The maximum atomic E-state index is 11.7. The second-order valence-corrected chi connectivity index (χ2v) is 4.39. The lowest BCUT2D eigenvalue weighted by atomic mass is 10.1. The van der Waals surface area contributed by atoms with Gasteiger partial charge >= 0.3 is 5.97 Å². The second-order valence-electron chi connectivity index (χ2n) is 4.39. The Hall–Kier alpha value is -1.65. The zero-order valence-electron chi connectivity index (χ0n) is 10.9. The first kappa shape index (κ1) is 12.8. The van der Waals surface area contributed by atoms with Crippen molar-refractivity contribution in [3.63, 3.8) is 0 Å². The van der Waals surface area contributed by atoms with Crippen molar-refractivity contribution in [3.05, 3.63) is 17.6 Å². The Bertz CT molecular complexity index is 428. The van der Waals surface area contributed by atoms with E-state index in [1.54, 1.807) is 6.92 Å². The molecular weight excluding hydrogens is 230 g/mol. The number of aromatic nitrogens is 2. The summed E-state index contributed by atoms with van der Waals surface area (Å²) in [6, 6.07) is 0. The van der Waals surface area contributed by atoms with Crippen molar-refractivity contribution in [3.8, 4) is 0 Å². The maximum Gasteiger partial charge on any atom is 0.357 e. The Kier molecular flexibility index (Phi) is 4.12. The minimum Gasteiger partial charge on any atom is -0.461 e. The molecule has 1 saturated heterocycles. The predicted octanol–water partition coefficient (Wildman–Crippen LogP) is 1.75. The molecule has 5 heteroatoms. The SMILES string of the molecule is CCOC(=O)c1n[c]nc(N2CCCCC2)c1C. The second kappa shape index (κ2) is 5.80. The Morgan fingerprint density at radius 1 is 1.33 bits per heavy atom. The summed E-state index contributed by atoms with van der Waals surface area (Å²) in [4.78, 5) is 22.0. The zero-order chi connectivity index (χ0) is 13.0. The highest BCUT2D eigenvalue weighted by Crippen LogP contribution is 2.22. The molecular formula is C13H18N3O2. The van der Waals surface area contributed by atoms with Crippen LogP contribution in [0.4, 0.5) is 5.82 Å². The summed E-state index contributed by atoms with van der Waals surface area (Å²) in [6.45, 7) is 5.96. The minimum absolute atomic E-state index is 0.326. The fourth-order valence-corrected chi connectivity index (χ4v) is 2.21. The number of carbonyl (C=O) groups is 1. The number of carbonyl (C=O) groups excluding carboxylic acids is 1. The van der Waals surface area contributed by atoms with Gasteiger partial charge in [-0.3, -0.25) is 0 Å². The fraction of sp³-hybridized carbons (Fsp3) is 0.615. The van der Waals surface area contributed by atoms with E-state index in [0.29, 0.717) is 12.3 Å². The Labute approximate surface area is 107 Å². The van der Waals surface area contributed by atoms with E-state index in [1.165, 1.54) is 6.42 Å². The van der Waals surface area contributed by atoms with Gasteiger partial charge in [-0.1, -0.05) is 0 Å². The van der Waals surface area contributed by atoms with Gasteiger partial charge in [-0.05, 0) is 33.1 Å². The van der Waals surface area contributed by atoms with E-state index in [0.717, 1.165) is 37.3 Å². The molecule has 2 rings (SSSR count). The topological polar surface area (TPSA) is 55.3 Å². The van der Waals surface area contributed by atoms with Crippen LogP contribution in [-0.2, 0) is 4.74 Å². The van der Waals surface area contributed by atoms with Crippen LogP contribution in [-0.4, -0.2) is 35.6 Å². The van der Waals surface area contributed by atoms with Crippen LogP contribution >= 0.6 is 0 Å². The van der Waals surface area contributed by atoms with Crippen LogP contribution in [0, 0.1) is 13.3 Å². The van der Waals surface area contributed by atoms with E-state index >= 15 is 0 Å². The predicted molar refractivity (Wildman–Crippen MR) is 67.6 cm³/mol. The van der Waals surface area contributed by atoms with Crippen molar-refractivity contribution < 1.29 is 9.53 Å². The average Bonchev–Trinajstić information content (AvgIpc) is 2.40. The first-order valence-electron chi connectivity index (χ1n) is 6.40. The summed E-state index contributed by atoms with van der Waals surface area (Å²) < 4.78 is 4.98. The average molecular weight is 248 g/mol. The van der Waals surface area contributed by atoms with E-state index in [4.69, 9.17) is 4.74 Å². The highest BCUT2D eigenvalue weighted by atomic mass is 16.5. The van der Waals surface area contributed by atoms with E-state index in [2.05, 4.69) is 21.2 Å². The number of hydrogen-bond donors (Lipinski definition) is 0. The van der Waals surface area contributed by atoms with Crippen molar-refractivity contribution in [2.45, 2.75) is 33.1 Å². The summed E-state index contributed by atoms with van der Waals surface area (Å²) >= 11 is 0. The quantitative estimate of drug-likeness (QED) is 0.763. The van der Waals surface area contributed by atoms with Crippen LogP contribution in [0.25, 0.3) is 0 Å². The van der Waals surface area contributed by atoms with E-state index in [1.807, 2.05) is 6.92 Å². The molecule has 2 heterocycles. The van der Waals surface area contributed by atoms with Gasteiger partial charge in [0, 0.05) is 18.7 Å². The van der Waals surface area contributed by atoms with Gasteiger partial charge in [0.25, 0.3) is 0 Å². The molecule has 0 N–H and O–H groups in total. The van der Waals surface area contributed by atoms with Crippen LogP contribution in [0.2, 0.25) is 0 Å². The summed E-state index contributed by atoms with van der Waals surface area (Å²) in [5.74, 6) is 0.416. The lowest BCUT2D eigenvalue weighted by molar-refractivity contribution is 0.0518. The molecule has 5 nitrogen and oxygen atoms in total. The molecule has 1 fully saturated rings. The van der Waals surface area contributed by atoms with Crippen molar-refractivity contribution in [1.82, 2.24) is 9.97 Å². The molecule has 0 unspecified atom stereocenters. The molecule has 1 aliphatic rings. The Morgan fingerprint density at radius 3 is 2.72 bits per heavy atom. The van der Waals surface area contributed by atoms with Crippen LogP contribution in [0.5, 0.6) is 0 Å². The molecule has 0 spiro atoms. The van der Waals surface area contributed by atoms with Gasteiger partial charge in [-0.25, -0.2) is 14.8 Å². The molecule has 0 atom stereocenters. The molecule has 1 aromatic rings. The molecule has 1 aliphatic heterocycles. The molecule has 97 valence electrons. The number of nitrogens with zero attached hydrogens (tertiary/aromatic N) is 3. The number of piperidine rings is 1. The monoisotopic (exact) mass is 248 g/mol. The standard InChI is InChI=1S/C13H18N3O2/c1-3-18-13(17)11-10(2)12(15-9-14-11)16-7-5-4-6-8-16/h3-8H2,1-2H3. The highest BCUT2D eigenvalue weighted by Gasteiger charge is 2.20. The summed E-state index contributed by atoms with van der Waals surface area (Å²) in [6.07, 6.45) is 6.15. The number of esters is 1. The van der Waals surface area contributed by atoms with Gasteiger partial charge in [0.1, 0.15) is 5.82 Å². The third-order valence-electron chi connectivity index (χ3n) is 3.13. The fourth-order valence-electron chi connectivity index (χ4n) is 2.21. The number of anilines is 1. The normalized spacial score (nSPS) is 15.6. The van der Waals surface area contributed by atoms with Crippen LogP contribution in [0.3, 0.4) is 0 Å². The largest absolute Gasteiger partial charge is 0.461 e. The smallest absolute Gasteiger partial charge is 0.357 e. The maximum absolute atomic E-state index is 11.7. The molecule has 0 saturated carbocycles. The van der Waals surface area contributed by atoms with Gasteiger partial charge in [0.2, 0.25) is 6.33 Å². The summed E-state index contributed by atoms with van der Waals surface area (Å²) in [5, 5.41) is 0. The van der Waals surface area contributed by atoms with Crippen LogP contribution < -0.4 is 4.90 Å². The molecule has 0 aliphatic carbocycles. The summed E-state index contributed by atoms with van der Waals surface area (Å²) in [7, 11) is 0. The molecule has 18 heavy (non-hydrogen) atoms. The molecule has 0 aromatic carbocycles. The van der Waals surface area contributed by atoms with E-state index in [-0.39, 0.29) is 0 Å². The zero-order valence-corrected chi connectivity index (χ0v) is 10.9. The first-order valence-corrected chi connectivity index (χ1v) is 6.40. The lowest BCUT2D eigenvalue weighted by Gasteiger charge is -2.28. The van der Waals surface area contributed by atoms with E-state index in [9.17, 15) is 4.79 Å². The third-order valence-corrected chi connectivity index (χ3v) is 3.13. The number of rotatable bonds is 3. The van der Waals surface area contributed by atoms with Crippen molar-refractivity contribution in [1.29, 1.82) is 0 Å². The molecule has 0 bridgehead atoms. The van der Waals surface area contributed by atoms with Gasteiger partial charge < -0.3 is 9.64 Å². The van der Waals surface area contributed by atoms with Crippen molar-refractivity contribution in [2.75, 3.05) is 24.6 Å². The van der Waals surface area contributed by atoms with Gasteiger partial charge in [-0.15, -0.1) is 0 Å².